The van der Waals surface area contributed by atoms with E-state index in [1.54, 1.807) is 24.4 Å². The van der Waals surface area contributed by atoms with Crippen LogP contribution in [-0.4, -0.2) is 16.5 Å². The average molecular weight is 369 g/mol. The van der Waals surface area contributed by atoms with Crippen molar-refractivity contribution >= 4 is 22.5 Å². The lowest BCUT2D eigenvalue weighted by molar-refractivity contribution is -0.481. The Kier molecular flexibility index (Phi) is 4.43. The van der Waals surface area contributed by atoms with E-state index in [4.69, 9.17) is 11.6 Å². The lowest BCUT2D eigenvalue weighted by Crippen LogP contribution is -2.14. The molecule has 0 bridgehead atoms. The number of hydrogen-bond donors (Lipinski definition) is 1. The number of rotatable bonds is 4. The highest BCUT2D eigenvalue weighted by atomic mass is 35.5. The second-order valence-electron chi connectivity index (χ2n) is 5.62. The van der Waals surface area contributed by atoms with Crippen LogP contribution in [0.3, 0.4) is 0 Å². The molecule has 0 aliphatic carbocycles. The van der Waals surface area contributed by atoms with Crippen LogP contribution in [0.15, 0.2) is 48.7 Å². The van der Waals surface area contributed by atoms with Crippen molar-refractivity contribution in [3.05, 3.63) is 80.5 Å². The smallest absolute Gasteiger partial charge is 0.361 e. The van der Waals surface area contributed by atoms with Crippen LogP contribution in [-0.2, 0) is 6.18 Å². The number of nitro groups is 1. The van der Waals surface area contributed by atoms with Crippen molar-refractivity contribution in [2.75, 3.05) is 6.54 Å². The maximum atomic E-state index is 12.7. The maximum Gasteiger partial charge on any atom is 0.416 e. The number of aromatic amines is 1. The quantitative estimate of drug-likeness (QED) is 0.505. The van der Waals surface area contributed by atoms with Crippen LogP contribution < -0.4 is 0 Å². The number of halogens is 4. The molecule has 0 radical (unpaired) electrons. The van der Waals surface area contributed by atoms with Gasteiger partial charge in [-0.1, -0.05) is 23.7 Å². The maximum absolute atomic E-state index is 12.7. The molecule has 0 saturated heterocycles. The Morgan fingerprint density at radius 2 is 1.84 bits per heavy atom. The molecule has 0 aliphatic heterocycles. The molecule has 0 spiro atoms. The molecule has 1 N–H and O–H groups in total. The van der Waals surface area contributed by atoms with Crippen LogP contribution in [0.4, 0.5) is 13.2 Å². The Labute approximate surface area is 145 Å². The highest BCUT2D eigenvalue weighted by molar-refractivity contribution is 6.31. The minimum absolute atomic E-state index is 0.436. The zero-order valence-corrected chi connectivity index (χ0v) is 13.4. The fourth-order valence-corrected chi connectivity index (χ4v) is 3.01. The first kappa shape index (κ1) is 17.3. The molecular weight excluding hydrogens is 357 g/mol. The summed E-state index contributed by atoms with van der Waals surface area (Å²) >= 11 is 6.00. The van der Waals surface area contributed by atoms with Gasteiger partial charge >= 0.3 is 6.18 Å². The molecule has 0 saturated carbocycles. The molecule has 3 rings (SSSR count). The summed E-state index contributed by atoms with van der Waals surface area (Å²) in [5.74, 6) is -0.690. The molecule has 0 aliphatic rings. The van der Waals surface area contributed by atoms with Crippen LogP contribution >= 0.6 is 11.6 Å². The molecule has 0 unspecified atom stereocenters. The van der Waals surface area contributed by atoms with Gasteiger partial charge in [0.2, 0.25) is 6.54 Å². The van der Waals surface area contributed by atoms with Crippen molar-refractivity contribution in [3.8, 4) is 0 Å². The molecule has 0 amide bonds. The standard InChI is InChI=1S/C17H12ClF3N2O2/c18-12-5-6-16-13(7-12)14(8-22-16)15(9-23(24)25)10-1-3-11(4-2-10)17(19,20)21/h1-8,15,22H,9H2/t15-/m0/s1. The SMILES string of the molecule is O=[N+]([O-])C[C@@H](c1ccc(C(F)(F)F)cc1)c1c[nH]c2ccc(Cl)cc12. The zero-order chi connectivity index (χ0) is 18.2. The summed E-state index contributed by atoms with van der Waals surface area (Å²) in [6.07, 6.45) is -2.82. The lowest BCUT2D eigenvalue weighted by Gasteiger charge is -2.14. The number of alkyl halides is 3. The second-order valence-corrected chi connectivity index (χ2v) is 6.06. The van der Waals surface area contributed by atoms with Gasteiger partial charge in [0.1, 0.15) is 0 Å². The molecule has 8 heteroatoms. The van der Waals surface area contributed by atoms with E-state index in [0.717, 1.165) is 17.6 Å². The summed E-state index contributed by atoms with van der Waals surface area (Å²) in [5, 5.41) is 12.3. The first-order valence-electron chi connectivity index (χ1n) is 7.31. The third-order valence-electron chi connectivity index (χ3n) is 4.02. The summed E-state index contributed by atoms with van der Waals surface area (Å²) < 4.78 is 38.2. The van der Waals surface area contributed by atoms with Gasteiger partial charge in [-0.3, -0.25) is 10.1 Å². The first-order valence-corrected chi connectivity index (χ1v) is 7.69. The molecule has 130 valence electrons. The predicted molar refractivity (Wildman–Crippen MR) is 88.5 cm³/mol. The largest absolute Gasteiger partial charge is 0.416 e. The van der Waals surface area contributed by atoms with Crippen molar-refractivity contribution in [2.45, 2.75) is 12.1 Å². The van der Waals surface area contributed by atoms with Crippen molar-refractivity contribution in [3.63, 3.8) is 0 Å². The highest BCUT2D eigenvalue weighted by Gasteiger charge is 2.31. The van der Waals surface area contributed by atoms with Crippen LogP contribution in [0, 0.1) is 10.1 Å². The topological polar surface area (TPSA) is 58.9 Å². The summed E-state index contributed by atoms with van der Waals surface area (Å²) in [7, 11) is 0. The second kappa shape index (κ2) is 6.40. The minimum Gasteiger partial charge on any atom is -0.361 e. The molecule has 0 fully saturated rings. The molecule has 1 heterocycles. The zero-order valence-electron chi connectivity index (χ0n) is 12.7. The Hall–Kier alpha value is -2.54. The monoisotopic (exact) mass is 368 g/mol. The van der Waals surface area contributed by atoms with Crippen molar-refractivity contribution in [2.24, 2.45) is 0 Å². The molecule has 1 aromatic heterocycles. The first-order chi connectivity index (χ1) is 11.8. The Bertz CT molecular complexity index is 920. The summed E-state index contributed by atoms with van der Waals surface area (Å²) in [6, 6.07) is 9.54. The Morgan fingerprint density at radius 1 is 1.16 bits per heavy atom. The van der Waals surface area contributed by atoms with E-state index in [0.29, 0.717) is 21.5 Å². The molecule has 2 aromatic carbocycles. The van der Waals surface area contributed by atoms with Gasteiger partial charge in [0, 0.05) is 27.0 Å². The van der Waals surface area contributed by atoms with Crippen LogP contribution in [0.2, 0.25) is 5.02 Å². The van der Waals surface area contributed by atoms with Gasteiger partial charge in [-0.25, -0.2) is 0 Å². The predicted octanol–water partition coefficient (Wildman–Crippen LogP) is 5.25. The van der Waals surface area contributed by atoms with E-state index in [1.165, 1.54) is 12.1 Å². The van der Waals surface area contributed by atoms with Gasteiger partial charge in [0.15, 0.2) is 0 Å². The van der Waals surface area contributed by atoms with E-state index in [1.807, 2.05) is 0 Å². The molecule has 3 aromatic rings. The molecule has 25 heavy (non-hydrogen) atoms. The van der Waals surface area contributed by atoms with Gasteiger partial charge in [-0.15, -0.1) is 0 Å². The number of benzene rings is 2. The lowest BCUT2D eigenvalue weighted by atomic mass is 9.90. The van der Waals surface area contributed by atoms with Gasteiger partial charge < -0.3 is 4.98 Å². The van der Waals surface area contributed by atoms with Gasteiger partial charge in [0.05, 0.1) is 11.5 Å². The summed E-state index contributed by atoms with van der Waals surface area (Å²) in [5.41, 5.74) is 1.01. The minimum atomic E-state index is -4.45. The normalized spacial score (nSPS) is 13.1. The van der Waals surface area contributed by atoms with E-state index < -0.39 is 29.1 Å². The van der Waals surface area contributed by atoms with Crippen LogP contribution in [0.5, 0.6) is 0 Å². The Balaban J connectivity index is 2.08. The number of H-pyrrole nitrogens is 1. The molecule has 4 nitrogen and oxygen atoms in total. The van der Waals surface area contributed by atoms with E-state index >= 15 is 0 Å². The summed E-state index contributed by atoms with van der Waals surface area (Å²) in [6.45, 7) is -0.440. The summed E-state index contributed by atoms with van der Waals surface area (Å²) in [4.78, 5) is 13.6. The number of nitrogens with one attached hydrogen (secondary N) is 1. The van der Waals surface area contributed by atoms with E-state index in [2.05, 4.69) is 4.98 Å². The fourth-order valence-electron chi connectivity index (χ4n) is 2.84. The van der Waals surface area contributed by atoms with E-state index in [9.17, 15) is 23.3 Å². The fraction of sp³-hybridized carbons (Fsp3) is 0.176. The highest BCUT2D eigenvalue weighted by Crippen LogP contribution is 2.35. The van der Waals surface area contributed by atoms with Gasteiger partial charge in [-0.05, 0) is 41.5 Å². The van der Waals surface area contributed by atoms with Crippen molar-refractivity contribution in [1.29, 1.82) is 0 Å². The Morgan fingerprint density at radius 3 is 2.44 bits per heavy atom. The number of nitrogens with zero attached hydrogens (tertiary/aromatic N) is 1. The third-order valence-corrected chi connectivity index (χ3v) is 4.26. The van der Waals surface area contributed by atoms with Crippen molar-refractivity contribution < 1.29 is 18.1 Å². The van der Waals surface area contributed by atoms with Gasteiger partial charge in [0.25, 0.3) is 0 Å². The molecule has 1 atom stereocenters. The number of hydrogen-bond acceptors (Lipinski definition) is 2. The van der Waals surface area contributed by atoms with Gasteiger partial charge in [-0.2, -0.15) is 13.2 Å². The van der Waals surface area contributed by atoms with Crippen molar-refractivity contribution in [1.82, 2.24) is 4.98 Å². The molecular formula is C17H12ClF3N2O2. The van der Waals surface area contributed by atoms with Crippen LogP contribution in [0.1, 0.15) is 22.6 Å². The van der Waals surface area contributed by atoms with E-state index in [-0.39, 0.29) is 0 Å². The number of aromatic nitrogens is 1. The number of fused-ring (bicyclic) bond motifs is 1. The van der Waals surface area contributed by atoms with Crippen LogP contribution in [0.25, 0.3) is 10.9 Å². The third kappa shape index (κ3) is 3.61. The average Bonchev–Trinajstić information content (AvgIpc) is 2.94.